The van der Waals surface area contributed by atoms with Crippen LogP contribution in [0.4, 0.5) is 8.78 Å². The molecule has 0 saturated heterocycles. The Labute approximate surface area is 97.4 Å². The molecule has 0 bridgehead atoms. The van der Waals surface area contributed by atoms with Crippen LogP contribution in [0, 0.1) is 6.92 Å². The Morgan fingerprint density at radius 3 is 2.41 bits per heavy atom. The summed E-state index contributed by atoms with van der Waals surface area (Å²) in [5, 5.41) is 0. The average Bonchev–Trinajstić information content (AvgIpc) is 2.29. The van der Waals surface area contributed by atoms with Gasteiger partial charge in [0.1, 0.15) is 0 Å². The van der Waals surface area contributed by atoms with Gasteiger partial charge in [-0.2, -0.15) is 8.78 Å². The van der Waals surface area contributed by atoms with Crippen LogP contribution < -0.4 is 0 Å². The molecule has 3 nitrogen and oxygen atoms in total. The fourth-order valence-corrected chi connectivity index (χ4v) is 1.31. The molecule has 0 atom stereocenters. The van der Waals surface area contributed by atoms with E-state index in [1.54, 1.807) is 6.07 Å². The molecule has 0 aliphatic rings. The van der Waals surface area contributed by atoms with Crippen molar-refractivity contribution in [2.45, 2.75) is 19.8 Å². The van der Waals surface area contributed by atoms with E-state index in [-0.39, 0.29) is 12.2 Å². The van der Waals surface area contributed by atoms with Crippen molar-refractivity contribution in [3.8, 4) is 0 Å². The molecule has 0 aliphatic heterocycles. The largest absolute Gasteiger partial charge is 0.461 e. The number of hydrogen-bond donors (Lipinski definition) is 0. The summed E-state index contributed by atoms with van der Waals surface area (Å²) in [7, 11) is 0. The van der Waals surface area contributed by atoms with Gasteiger partial charge in [0, 0.05) is 5.56 Å². The van der Waals surface area contributed by atoms with E-state index >= 15 is 0 Å². The van der Waals surface area contributed by atoms with Crippen LogP contribution in [0.2, 0.25) is 0 Å². The van der Waals surface area contributed by atoms with Gasteiger partial charge in [-0.15, -0.1) is 0 Å². The number of benzene rings is 1. The predicted octanol–water partition coefficient (Wildman–Crippen LogP) is 2.38. The Balaban J connectivity index is 3.05. The number of aryl methyl sites for hydroxylation is 1. The normalized spacial score (nSPS) is 11.1. The first-order chi connectivity index (χ1) is 7.91. The SMILES string of the molecule is CCOC(=O)C(F)(F)C(=O)c1ccccc1C. The Bertz CT molecular complexity index is 441. The number of Topliss-reactive ketones (excluding diaryl/α,β-unsaturated/α-hetero) is 1. The van der Waals surface area contributed by atoms with Crippen LogP contribution in [0.3, 0.4) is 0 Å². The molecule has 0 amide bonds. The van der Waals surface area contributed by atoms with Crippen molar-refractivity contribution in [3.63, 3.8) is 0 Å². The van der Waals surface area contributed by atoms with Gasteiger partial charge in [0.25, 0.3) is 0 Å². The summed E-state index contributed by atoms with van der Waals surface area (Å²) in [5.41, 5.74) is 0.215. The third-order valence-corrected chi connectivity index (χ3v) is 2.21. The molecule has 0 saturated carbocycles. The minimum Gasteiger partial charge on any atom is -0.461 e. The lowest BCUT2D eigenvalue weighted by atomic mass is 10.0. The van der Waals surface area contributed by atoms with Crippen LogP contribution in [-0.2, 0) is 9.53 Å². The highest BCUT2D eigenvalue weighted by molar-refractivity contribution is 6.14. The van der Waals surface area contributed by atoms with Gasteiger partial charge < -0.3 is 4.74 Å². The molecule has 1 aromatic rings. The number of carbonyl (C=O) groups excluding carboxylic acids is 2. The molecule has 0 aromatic heterocycles. The Morgan fingerprint density at radius 2 is 1.88 bits per heavy atom. The summed E-state index contributed by atoms with van der Waals surface area (Å²) in [4.78, 5) is 22.6. The number of rotatable bonds is 4. The van der Waals surface area contributed by atoms with E-state index in [2.05, 4.69) is 4.74 Å². The number of halogens is 2. The zero-order valence-corrected chi connectivity index (χ0v) is 9.50. The minimum atomic E-state index is -4.14. The van der Waals surface area contributed by atoms with Crippen LogP contribution in [-0.4, -0.2) is 24.3 Å². The number of esters is 1. The van der Waals surface area contributed by atoms with Crippen molar-refractivity contribution >= 4 is 11.8 Å². The molecule has 0 aliphatic carbocycles. The Hall–Kier alpha value is -1.78. The van der Waals surface area contributed by atoms with Crippen molar-refractivity contribution in [1.29, 1.82) is 0 Å². The molecule has 0 N–H and O–H groups in total. The van der Waals surface area contributed by atoms with E-state index in [4.69, 9.17) is 0 Å². The van der Waals surface area contributed by atoms with Gasteiger partial charge in [0.15, 0.2) is 0 Å². The van der Waals surface area contributed by atoms with Gasteiger partial charge in [0.2, 0.25) is 5.78 Å². The first-order valence-electron chi connectivity index (χ1n) is 5.06. The summed E-state index contributed by atoms with van der Waals surface area (Å²) in [5.74, 6) is -7.48. The van der Waals surface area contributed by atoms with E-state index in [1.165, 1.54) is 32.0 Å². The van der Waals surface area contributed by atoms with Crippen molar-refractivity contribution in [2.75, 3.05) is 6.61 Å². The van der Waals surface area contributed by atoms with Crippen molar-refractivity contribution in [2.24, 2.45) is 0 Å². The van der Waals surface area contributed by atoms with Gasteiger partial charge >= 0.3 is 11.9 Å². The van der Waals surface area contributed by atoms with Crippen LogP contribution >= 0.6 is 0 Å². The number of ether oxygens (including phenoxy) is 1. The fourth-order valence-electron chi connectivity index (χ4n) is 1.31. The van der Waals surface area contributed by atoms with E-state index in [1.807, 2.05) is 0 Å². The molecule has 0 radical (unpaired) electrons. The maximum absolute atomic E-state index is 13.4. The predicted molar refractivity (Wildman–Crippen MR) is 57.1 cm³/mol. The maximum Gasteiger partial charge on any atom is 0.404 e. The molecule has 1 rings (SSSR count). The lowest BCUT2D eigenvalue weighted by molar-refractivity contribution is -0.164. The standard InChI is InChI=1S/C12H12F2O3/c1-3-17-11(16)12(13,14)10(15)9-7-5-4-6-8(9)2/h4-7H,3H2,1-2H3. The molecular weight excluding hydrogens is 230 g/mol. The molecule has 0 unspecified atom stereocenters. The maximum atomic E-state index is 13.4. The molecule has 17 heavy (non-hydrogen) atoms. The number of carbonyl (C=O) groups is 2. The third-order valence-electron chi connectivity index (χ3n) is 2.21. The molecule has 1 aromatic carbocycles. The number of ketones is 1. The van der Waals surface area contributed by atoms with Crippen LogP contribution in [0.5, 0.6) is 0 Å². The van der Waals surface area contributed by atoms with Crippen molar-refractivity contribution in [1.82, 2.24) is 0 Å². The van der Waals surface area contributed by atoms with Gasteiger partial charge in [-0.3, -0.25) is 4.79 Å². The minimum absolute atomic E-state index is 0.175. The third kappa shape index (κ3) is 2.67. The zero-order valence-electron chi connectivity index (χ0n) is 9.50. The first kappa shape index (κ1) is 13.3. The van der Waals surface area contributed by atoms with Crippen LogP contribution in [0.15, 0.2) is 24.3 Å². The van der Waals surface area contributed by atoms with E-state index in [0.717, 1.165) is 0 Å². The Morgan fingerprint density at radius 1 is 1.29 bits per heavy atom. The number of alkyl halides is 2. The first-order valence-corrected chi connectivity index (χ1v) is 5.06. The lowest BCUT2D eigenvalue weighted by Crippen LogP contribution is -2.39. The molecule has 0 spiro atoms. The average molecular weight is 242 g/mol. The molecular formula is C12H12F2O3. The quantitative estimate of drug-likeness (QED) is 0.462. The highest BCUT2D eigenvalue weighted by Gasteiger charge is 2.49. The second kappa shape index (κ2) is 5.03. The molecule has 92 valence electrons. The lowest BCUT2D eigenvalue weighted by Gasteiger charge is -2.14. The summed E-state index contributed by atoms with van der Waals surface area (Å²) in [6, 6.07) is 5.86. The highest BCUT2D eigenvalue weighted by atomic mass is 19.3. The van der Waals surface area contributed by atoms with Gasteiger partial charge in [-0.05, 0) is 19.4 Å². The zero-order chi connectivity index (χ0) is 13.1. The topological polar surface area (TPSA) is 43.4 Å². The fraction of sp³-hybridized carbons (Fsp3) is 0.333. The summed E-state index contributed by atoms with van der Waals surface area (Å²) in [6.07, 6.45) is 0. The van der Waals surface area contributed by atoms with Crippen molar-refractivity contribution < 1.29 is 23.1 Å². The number of hydrogen-bond acceptors (Lipinski definition) is 3. The molecule has 5 heteroatoms. The van der Waals surface area contributed by atoms with Gasteiger partial charge in [0.05, 0.1) is 6.61 Å². The van der Waals surface area contributed by atoms with Crippen LogP contribution in [0.25, 0.3) is 0 Å². The monoisotopic (exact) mass is 242 g/mol. The molecule has 0 heterocycles. The highest BCUT2D eigenvalue weighted by Crippen LogP contribution is 2.23. The second-order valence-electron chi connectivity index (χ2n) is 3.44. The van der Waals surface area contributed by atoms with E-state index in [9.17, 15) is 18.4 Å². The van der Waals surface area contributed by atoms with Gasteiger partial charge in [-0.1, -0.05) is 24.3 Å². The molecule has 0 fully saturated rings. The second-order valence-corrected chi connectivity index (χ2v) is 3.44. The summed E-state index contributed by atoms with van der Waals surface area (Å²) >= 11 is 0. The van der Waals surface area contributed by atoms with Crippen molar-refractivity contribution in [3.05, 3.63) is 35.4 Å². The smallest absolute Gasteiger partial charge is 0.404 e. The Kier molecular flexibility index (Phi) is 3.93. The van der Waals surface area contributed by atoms with E-state index < -0.39 is 17.7 Å². The van der Waals surface area contributed by atoms with Crippen LogP contribution in [0.1, 0.15) is 22.8 Å². The summed E-state index contributed by atoms with van der Waals surface area (Å²) in [6.45, 7) is 2.72. The van der Waals surface area contributed by atoms with E-state index in [0.29, 0.717) is 5.56 Å². The summed E-state index contributed by atoms with van der Waals surface area (Å²) < 4.78 is 31.1. The van der Waals surface area contributed by atoms with Gasteiger partial charge in [-0.25, -0.2) is 4.79 Å².